The van der Waals surface area contributed by atoms with Gasteiger partial charge in [-0.05, 0) is 42.5 Å². The highest BCUT2D eigenvalue weighted by Gasteiger charge is 2.15. The van der Waals surface area contributed by atoms with Crippen molar-refractivity contribution in [2.75, 3.05) is 0 Å². The zero-order chi connectivity index (χ0) is 11.8. The SMILES string of the molecule is C=Cc1c(C)c2c(c3cccnc13)C=CCC2. The van der Waals surface area contributed by atoms with E-state index in [0.29, 0.717) is 0 Å². The summed E-state index contributed by atoms with van der Waals surface area (Å²) >= 11 is 0. The first-order valence-electron chi connectivity index (χ1n) is 6.02. The summed E-state index contributed by atoms with van der Waals surface area (Å²) in [5, 5.41) is 1.25. The molecule has 0 aliphatic heterocycles. The lowest BCUT2D eigenvalue weighted by Gasteiger charge is -2.18. The molecular weight excluding hydrogens is 206 g/mol. The van der Waals surface area contributed by atoms with Gasteiger partial charge in [-0.3, -0.25) is 4.98 Å². The van der Waals surface area contributed by atoms with Crippen molar-refractivity contribution < 1.29 is 0 Å². The monoisotopic (exact) mass is 221 g/mol. The van der Waals surface area contributed by atoms with E-state index in [9.17, 15) is 0 Å². The summed E-state index contributed by atoms with van der Waals surface area (Å²) in [6, 6.07) is 4.16. The van der Waals surface area contributed by atoms with Crippen molar-refractivity contribution in [1.29, 1.82) is 0 Å². The Bertz CT molecular complexity index is 636. The molecule has 0 saturated carbocycles. The van der Waals surface area contributed by atoms with Gasteiger partial charge in [0.15, 0.2) is 0 Å². The fraction of sp³-hybridized carbons (Fsp3) is 0.188. The molecule has 1 heteroatoms. The van der Waals surface area contributed by atoms with Gasteiger partial charge >= 0.3 is 0 Å². The van der Waals surface area contributed by atoms with Gasteiger partial charge in [0.1, 0.15) is 0 Å². The van der Waals surface area contributed by atoms with E-state index in [0.717, 1.165) is 18.4 Å². The smallest absolute Gasteiger partial charge is 0.0782 e. The molecule has 0 unspecified atom stereocenters. The molecule has 0 spiro atoms. The molecule has 0 N–H and O–H groups in total. The molecule has 2 aromatic rings. The average Bonchev–Trinajstić information content (AvgIpc) is 2.40. The number of aromatic nitrogens is 1. The highest BCUT2D eigenvalue weighted by atomic mass is 14.7. The Kier molecular flexibility index (Phi) is 2.32. The quantitative estimate of drug-likeness (QED) is 0.705. The lowest BCUT2D eigenvalue weighted by atomic mass is 9.87. The molecule has 1 nitrogen and oxygen atoms in total. The highest BCUT2D eigenvalue weighted by molar-refractivity contribution is 5.96. The molecule has 1 aliphatic carbocycles. The van der Waals surface area contributed by atoms with Gasteiger partial charge in [-0.25, -0.2) is 0 Å². The lowest BCUT2D eigenvalue weighted by molar-refractivity contribution is 0.974. The summed E-state index contributed by atoms with van der Waals surface area (Å²) < 4.78 is 0. The summed E-state index contributed by atoms with van der Waals surface area (Å²) in [6.07, 6.45) is 10.5. The fourth-order valence-corrected chi connectivity index (χ4v) is 2.73. The Morgan fingerprint density at radius 1 is 1.41 bits per heavy atom. The average molecular weight is 221 g/mol. The van der Waals surface area contributed by atoms with E-state index in [1.165, 1.54) is 27.6 Å². The number of rotatable bonds is 1. The Morgan fingerprint density at radius 2 is 2.29 bits per heavy atom. The zero-order valence-electron chi connectivity index (χ0n) is 10.0. The Hall–Kier alpha value is -1.89. The maximum atomic E-state index is 4.52. The molecule has 1 heterocycles. The van der Waals surface area contributed by atoms with E-state index < -0.39 is 0 Å². The minimum absolute atomic E-state index is 1.07. The first kappa shape index (κ1) is 10.3. The summed E-state index contributed by atoms with van der Waals surface area (Å²) in [4.78, 5) is 4.52. The molecule has 0 atom stereocenters. The van der Waals surface area contributed by atoms with E-state index in [1.807, 2.05) is 18.3 Å². The minimum Gasteiger partial charge on any atom is -0.256 e. The molecule has 0 saturated heterocycles. The third-order valence-electron chi connectivity index (χ3n) is 3.58. The fourth-order valence-electron chi connectivity index (χ4n) is 2.73. The van der Waals surface area contributed by atoms with Gasteiger partial charge in [-0.1, -0.05) is 30.9 Å². The number of pyridine rings is 1. The minimum atomic E-state index is 1.07. The van der Waals surface area contributed by atoms with Crippen LogP contribution in [0.1, 0.15) is 28.7 Å². The highest BCUT2D eigenvalue weighted by Crippen LogP contribution is 2.33. The van der Waals surface area contributed by atoms with Crippen LogP contribution in [0, 0.1) is 6.92 Å². The van der Waals surface area contributed by atoms with Crippen molar-refractivity contribution in [3.63, 3.8) is 0 Å². The van der Waals surface area contributed by atoms with Crippen LogP contribution in [0.5, 0.6) is 0 Å². The number of fused-ring (bicyclic) bond motifs is 3. The summed E-state index contributed by atoms with van der Waals surface area (Å²) in [5.74, 6) is 0. The van der Waals surface area contributed by atoms with E-state index in [1.54, 1.807) is 0 Å². The Labute approximate surface area is 102 Å². The Balaban J connectivity index is 2.53. The van der Waals surface area contributed by atoms with Crippen molar-refractivity contribution in [1.82, 2.24) is 4.98 Å². The van der Waals surface area contributed by atoms with Gasteiger partial charge in [-0.15, -0.1) is 0 Å². The summed E-state index contributed by atoms with van der Waals surface area (Å²) in [6.45, 7) is 6.12. The van der Waals surface area contributed by atoms with Crippen LogP contribution >= 0.6 is 0 Å². The van der Waals surface area contributed by atoms with Gasteiger partial charge < -0.3 is 0 Å². The molecule has 0 radical (unpaired) electrons. The van der Waals surface area contributed by atoms with Gasteiger partial charge in [0.05, 0.1) is 5.52 Å². The van der Waals surface area contributed by atoms with Crippen molar-refractivity contribution in [3.8, 4) is 0 Å². The van der Waals surface area contributed by atoms with Crippen LogP contribution in [-0.4, -0.2) is 4.98 Å². The predicted octanol–water partition coefficient (Wildman–Crippen LogP) is 4.15. The number of hydrogen-bond acceptors (Lipinski definition) is 1. The molecule has 17 heavy (non-hydrogen) atoms. The van der Waals surface area contributed by atoms with Crippen molar-refractivity contribution in [3.05, 3.63) is 53.2 Å². The molecular formula is C16H15N. The van der Waals surface area contributed by atoms with E-state index >= 15 is 0 Å². The van der Waals surface area contributed by atoms with Crippen molar-refractivity contribution in [2.45, 2.75) is 19.8 Å². The van der Waals surface area contributed by atoms with Crippen LogP contribution in [-0.2, 0) is 6.42 Å². The molecule has 1 aliphatic rings. The largest absolute Gasteiger partial charge is 0.256 e. The maximum Gasteiger partial charge on any atom is 0.0782 e. The zero-order valence-corrected chi connectivity index (χ0v) is 10.0. The van der Waals surface area contributed by atoms with E-state index in [2.05, 4.69) is 36.7 Å². The molecule has 0 fully saturated rings. The van der Waals surface area contributed by atoms with Crippen LogP contribution in [0.15, 0.2) is 31.0 Å². The van der Waals surface area contributed by atoms with Crippen molar-refractivity contribution >= 4 is 23.1 Å². The molecule has 1 aromatic carbocycles. The topological polar surface area (TPSA) is 12.9 Å². The number of benzene rings is 1. The van der Waals surface area contributed by atoms with E-state index in [-0.39, 0.29) is 0 Å². The first-order chi connectivity index (χ1) is 8.33. The molecule has 0 bridgehead atoms. The summed E-state index contributed by atoms with van der Waals surface area (Å²) in [7, 11) is 0. The van der Waals surface area contributed by atoms with Gasteiger partial charge in [0.25, 0.3) is 0 Å². The van der Waals surface area contributed by atoms with E-state index in [4.69, 9.17) is 0 Å². The molecule has 1 aromatic heterocycles. The normalized spacial score (nSPS) is 13.7. The van der Waals surface area contributed by atoms with Gasteiger partial charge in [0.2, 0.25) is 0 Å². The van der Waals surface area contributed by atoms with Crippen molar-refractivity contribution in [2.24, 2.45) is 0 Å². The lowest BCUT2D eigenvalue weighted by Crippen LogP contribution is -2.02. The standard InChI is InChI=1S/C16H15N/c1-3-12-11(2)13-7-4-5-8-14(13)15-9-6-10-17-16(12)15/h3,5-6,8-10H,1,4,7H2,2H3. The molecule has 3 rings (SSSR count). The van der Waals surface area contributed by atoms with Gasteiger partial charge in [0, 0.05) is 17.1 Å². The second-order valence-electron chi connectivity index (χ2n) is 4.48. The van der Waals surface area contributed by atoms with Crippen LogP contribution in [0.25, 0.3) is 23.1 Å². The number of allylic oxidation sites excluding steroid dienone is 1. The molecule has 84 valence electrons. The second-order valence-corrected chi connectivity index (χ2v) is 4.48. The van der Waals surface area contributed by atoms with Crippen LogP contribution in [0.2, 0.25) is 0 Å². The molecule has 0 amide bonds. The summed E-state index contributed by atoms with van der Waals surface area (Å²) in [5.41, 5.74) is 6.41. The second kappa shape index (κ2) is 3.85. The third kappa shape index (κ3) is 1.42. The number of hydrogen-bond donors (Lipinski definition) is 0. The number of nitrogens with zero attached hydrogens (tertiary/aromatic N) is 1. The Morgan fingerprint density at radius 3 is 3.12 bits per heavy atom. The van der Waals surface area contributed by atoms with Crippen LogP contribution < -0.4 is 0 Å². The van der Waals surface area contributed by atoms with Gasteiger partial charge in [-0.2, -0.15) is 0 Å². The van der Waals surface area contributed by atoms with Crippen LogP contribution in [0.4, 0.5) is 0 Å². The first-order valence-corrected chi connectivity index (χ1v) is 6.02. The maximum absolute atomic E-state index is 4.52. The third-order valence-corrected chi connectivity index (χ3v) is 3.58. The predicted molar refractivity (Wildman–Crippen MR) is 73.9 cm³/mol. The van der Waals surface area contributed by atoms with Crippen LogP contribution in [0.3, 0.4) is 0 Å².